The fourth-order valence-electron chi connectivity index (χ4n) is 1.72. The number of halogens is 1. The highest BCUT2D eigenvalue weighted by molar-refractivity contribution is 7.13. The van der Waals surface area contributed by atoms with Crippen LogP contribution >= 0.6 is 22.9 Å². The minimum Gasteiger partial charge on any atom is -0.398 e. The standard InChI is InChI=1S/C14H10ClN3S/c15-10-5-4-9(7-11(10)16)13-8-19-14(18-13)12-3-1-2-6-17-12/h1-8H,16H2. The predicted octanol–water partition coefficient (Wildman–Crippen LogP) is 4.11. The Labute approximate surface area is 119 Å². The number of nitrogens with two attached hydrogens (primary N) is 1. The predicted molar refractivity (Wildman–Crippen MR) is 80.2 cm³/mol. The Bertz CT molecular complexity index is 710. The van der Waals surface area contributed by atoms with Crippen LogP contribution in [0, 0.1) is 0 Å². The first-order valence-electron chi connectivity index (χ1n) is 5.66. The van der Waals surface area contributed by atoms with E-state index < -0.39 is 0 Å². The van der Waals surface area contributed by atoms with Crippen LogP contribution in [0.1, 0.15) is 0 Å². The Balaban J connectivity index is 1.99. The van der Waals surface area contributed by atoms with Gasteiger partial charge in [-0.1, -0.05) is 23.7 Å². The molecule has 0 amide bonds. The highest BCUT2D eigenvalue weighted by atomic mass is 35.5. The zero-order valence-electron chi connectivity index (χ0n) is 9.88. The Hall–Kier alpha value is -1.91. The molecule has 0 fully saturated rings. The number of nitrogen functional groups attached to an aromatic ring is 1. The molecular formula is C14H10ClN3S. The third-order valence-electron chi connectivity index (χ3n) is 2.68. The molecule has 2 N–H and O–H groups in total. The second-order valence-corrected chi connectivity index (χ2v) is 5.25. The number of thiazole rings is 1. The van der Waals surface area contributed by atoms with Gasteiger partial charge < -0.3 is 5.73 Å². The first-order chi connectivity index (χ1) is 9.24. The van der Waals surface area contributed by atoms with Gasteiger partial charge in [0.25, 0.3) is 0 Å². The molecule has 0 atom stereocenters. The van der Waals surface area contributed by atoms with Gasteiger partial charge in [-0.2, -0.15) is 0 Å². The number of pyridine rings is 1. The fraction of sp³-hybridized carbons (Fsp3) is 0. The first kappa shape index (κ1) is 12.1. The zero-order valence-corrected chi connectivity index (χ0v) is 11.4. The van der Waals surface area contributed by atoms with E-state index in [9.17, 15) is 0 Å². The van der Waals surface area contributed by atoms with Gasteiger partial charge in [0.2, 0.25) is 0 Å². The van der Waals surface area contributed by atoms with E-state index in [-0.39, 0.29) is 0 Å². The molecule has 0 unspecified atom stereocenters. The summed E-state index contributed by atoms with van der Waals surface area (Å²) in [5, 5.41) is 3.44. The van der Waals surface area contributed by atoms with Crippen molar-refractivity contribution in [3.8, 4) is 22.0 Å². The van der Waals surface area contributed by atoms with Gasteiger partial charge in [0.1, 0.15) is 5.01 Å². The Morgan fingerprint density at radius 1 is 1.11 bits per heavy atom. The lowest BCUT2D eigenvalue weighted by Crippen LogP contribution is -1.87. The summed E-state index contributed by atoms with van der Waals surface area (Å²) in [6.45, 7) is 0. The number of hydrogen-bond acceptors (Lipinski definition) is 4. The average Bonchev–Trinajstić information content (AvgIpc) is 2.93. The van der Waals surface area contributed by atoms with Gasteiger partial charge in [0.15, 0.2) is 0 Å². The van der Waals surface area contributed by atoms with Crippen molar-refractivity contribution >= 4 is 28.6 Å². The van der Waals surface area contributed by atoms with Crippen LogP contribution in [0.4, 0.5) is 5.69 Å². The molecule has 0 bridgehead atoms. The highest BCUT2D eigenvalue weighted by Crippen LogP contribution is 2.30. The maximum atomic E-state index is 5.92. The Morgan fingerprint density at radius 3 is 2.74 bits per heavy atom. The number of benzene rings is 1. The van der Waals surface area contributed by atoms with E-state index in [0.29, 0.717) is 10.7 Å². The molecule has 0 saturated carbocycles. The van der Waals surface area contributed by atoms with Crippen LogP contribution in [-0.2, 0) is 0 Å². The second-order valence-electron chi connectivity index (χ2n) is 3.99. The molecule has 0 aliphatic heterocycles. The molecule has 3 aromatic rings. The molecule has 3 nitrogen and oxygen atoms in total. The summed E-state index contributed by atoms with van der Waals surface area (Å²) in [5.41, 5.74) is 9.09. The summed E-state index contributed by atoms with van der Waals surface area (Å²) in [4.78, 5) is 8.87. The smallest absolute Gasteiger partial charge is 0.142 e. The largest absolute Gasteiger partial charge is 0.398 e. The van der Waals surface area contributed by atoms with Crippen molar-refractivity contribution in [3.63, 3.8) is 0 Å². The number of nitrogens with zero attached hydrogens (tertiary/aromatic N) is 2. The van der Waals surface area contributed by atoms with Gasteiger partial charge in [0, 0.05) is 17.1 Å². The van der Waals surface area contributed by atoms with E-state index in [1.165, 1.54) is 0 Å². The maximum Gasteiger partial charge on any atom is 0.142 e. The van der Waals surface area contributed by atoms with Crippen molar-refractivity contribution < 1.29 is 0 Å². The van der Waals surface area contributed by atoms with Crippen LogP contribution in [0.5, 0.6) is 0 Å². The summed E-state index contributed by atoms with van der Waals surface area (Å²) >= 11 is 7.48. The summed E-state index contributed by atoms with van der Waals surface area (Å²) < 4.78 is 0. The van der Waals surface area contributed by atoms with E-state index in [2.05, 4.69) is 9.97 Å². The summed E-state index contributed by atoms with van der Waals surface area (Å²) in [6, 6.07) is 11.3. The van der Waals surface area contributed by atoms with Crippen molar-refractivity contribution in [2.24, 2.45) is 0 Å². The molecule has 0 spiro atoms. The normalized spacial score (nSPS) is 10.6. The minimum absolute atomic E-state index is 0.559. The van der Waals surface area contributed by atoms with Crippen LogP contribution in [-0.4, -0.2) is 9.97 Å². The molecule has 5 heteroatoms. The van der Waals surface area contributed by atoms with Gasteiger partial charge in [-0.3, -0.25) is 4.98 Å². The monoisotopic (exact) mass is 287 g/mol. The van der Waals surface area contributed by atoms with Gasteiger partial charge in [-0.05, 0) is 24.3 Å². The first-order valence-corrected chi connectivity index (χ1v) is 6.92. The summed E-state index contributed by atoms with van der Waals surface area (Å²) in [5.74, 6) is 0. The zero-order chi connectivity index (χ0) is 13.2. The van der Waals surface area contributed by atoms with Crippen LogP contribution in [0.15, 0.2) is 48.0 Å². The van der Waals surface area contributed by atoms with Gasteiger partial charge >= 0.3 is 0 Å². The average molecular weight is 288 g/mol. The Morgan fingerprint density at radius 2 is 2.00 bits per heavy atom. The van der Waals surface area contributed by atoms with Crippen LogP contribution < -0.4 is 5.73 Å². The van der Waals surface area contributed by atoms with Gasteiger partial charge in [-0.15, -0.1) is 11.3 Å². The summed E-state index contributed by atoms with van der Waals surface area (Å²) in [6.07, 6.45) is 1.76. The molecular weight excluding hydrogens is 278 g/mol. The molecule has 0 aliphatic carbocycles. The number of hydrogen-bond donors (Lipinski definition) is 1. The van der Waals surface area contributed by atoms with Crippen molar-refractivity contribution in [2.75, 3.05) is 5.73 Å². The molecule has 1 aromatic carbocycles. The molecule has 0 saturated heterocycles. The number of rotatable bonds is 2. The van der Waals surface area contributed by atoms with E-state index in [1.807, 2.05) is 35.7 Å². The van der Waals surface area contributed by atoms with E-state index >= 15 is 0 Å². The highest BCUT2D eigenvalue weighted by Gasteiger charge is 2.08. The third kappa shape index (κ3) is 2.45. The van der Waals surface area contributed by atoms with E-state index in [1.54, 1.807) is 23.6 Å². The molecule has 2 heterocycles. The lowest BCUT2D eigenvalue weighted by atomic mass is 10.1. The third-order valence-corrected chi connectivity index (χ3v) is 3.89. The number of anilines is 1. The van der Waals surface area contributed by atoms with Crippen molar-refractivity contribution in [1.82, 2.24) is 9.97 Å². The molecule has 3 rings (SSSR count). The fourth-order valence-corrected chi connectivity index (χ4v) is 2.64. The quantitative estimate of drug-likeness (QED) is 0.722. The van der Waals surface area contributed by atoms with E-state index in [0.717, 1.165) is 22.0 Å². The van der Waals surface area contributed by atoms with Crippen LogP contribution in [0.3, 0.4) is 0 Å². The SMILES string of the molecule is Nc1cc(-c2csc(-c3ccccn3)n2)ccc1Cl. The topological polar surface area (TPSA) is 51.8 Å². The molecule has 0 radical (unpaired) electrons. The molecule has 0 aliphatic rings. The van der Waals surface area contributed by atoms with E-state index in [4.69, 9.17) is 17.3 Å². The number of aromatic nitrogens is 2. The second kappa shape index (κ2) is 4.99. The van der Waals surface area contributed by atoms with Crippen LogP contribution in [0.2, 0.25) is 5.02 Å². The lowest BCUT2D eigenvalue weighted by molar-refractivity contribution is 1.29. The minimum atomic E-state index is 0.559. The summed E-state index contributed by atoms with van der Waals surface area (Å²) in [7, 11) is 0. The maximum absolute atomic E-state index is 5.92. The van der Waals surface area contributed by atoms with Crippen molar-refractivity contribution in [1.29, 1.82) is 0 Å². The van der Waals surface area contributed by atoms with Crippen molar-refractivity contribution in [2.45, 2.75) is 0 Å². The molecule has 19 heavy (non-hydrogen) atoms. The Kier molecular flexibility index (Phi) is 3.19. The molecule has 2 aromatic heterocycles. The lowest BCUT2D eigenvalue weighted by Gasteiger charge is -2.00. The molecule has 94 valence electrons. The van der Waals surface area contributed by atoms with Gasteiger partial charge in [-0.25, -0.2) is 4.98 Å². The van der Waals surface area contributed by atoms with Gasteiger partial charge in [0.05, 0.1) is 22.1 Å². The van der Waals surface area contributed by atoms with Crippen LogP contribution in [0.25, 0.3) is 22.0 Å². The van der Waals surface area contributed by atoms with Crippen molar-refractivity contribution in [3.05, 3.63) is 53.0 Å².